The number of carbonyl (C=O) groups excluding carboxylic acids is 1. The van der Waals surface area contributed by atoms with E-state index in [-0.39, 0.29) is 5.78 Å². The molecule has 4 heteroatoms. The van der Waals surface area contributed by atoms with Crippen LogP contribution in [0.5, 0.6) is 5.75 Å². The van der Waals surface area contributed by atoms with Gasteiger partial charge in [-0.15, -0.1) is 0 Å². The van der Waals surface area contributed by atoms with Gasteiger partial charge in [-0.1, -0.05) is 35.9 Å². The number of ketones is 1. The fourth-order valence-corrected chi connectivity index (χ4v) is 2.60. The lowest BCUT2D eigenvalue weighted by Gasteiger charge is -2.04. The average Bonchev–Trinajstić information content (AvgIpc) is 2.59. The van der Waals surface area contributed by atoms with Gasteiger partial charge in [0.2, 0.25) is 0 Å². The number of allylic oxidation sites excluding steroid dienone is 1. The number of carbonyl (C=O) groups is 1. The van der Waals surface area contributed by atoms with Crippen molar-refractivity contribution in [3.8, 4) is 5.75 Å². The van der Waals surface area contributed by atoms with Crippen molar-refractivity contribution >= 4 is 34.4 Å². The molecule has 0 fully saturated rings. The van der Waals surface area contributed by atoms with Crippen LogP contribution in [-0.2, 0) is 0 Å². The van der Waals surface area contributed by atoms with E-state index in [4.69, 9.17) is 16.3 Å². The first kappa shape index (κ1) is 15.3. The summed E-state index contributed by atoms with van der Waals surface area (Å²) in [5.74, 6) is 0.433. The molecule has 0 N–H and O–H groups in total. The summed E-state index contributed by atoms with van der Waals surface area (Å²) in [7, 11) is 1.54. The molecule has 0 aliphatic heterocycles. The number of fused-ring (bicyclic) bond motifs is 1. The summed E-state index contributed by atoms with van der Waals surface area (Å²) in [5, 5.41) is 1.42. The quantitative estimate of drug-likeness (QED) is 0.511. The second-order valence-electron chi connectivity index (χ2n) is 4.96. The van der Waals surface area contributed by atoms with Crippen LogP contribution in [0.1, 0.15) is 15.9 Å². The van der Waals surface area contributed by atoms with Crippen molar-refractivity contribution in [3.63, 3.8) is 0 Å². The van der Waals surface area contributed by atoms with E-state index in [9.17, 15) is 4.79 Å². The third-order valence-corrected chi connectivity index (χ3v) is 3.83. The van der Waals surface area contributed by atoms with Gasteiger partial charge in [0.1, 0.15) is 5.75 Å². The van der Waals surface area contributed by atoms with Crippen LogP contribution >= 0.6 is 11.6 Å². The van der Waals surface area contributed by atoms with E-state index in [0.29, 0.717) is 16.3 Å². The van der Waals surface area contributed by atoms with Crippen LogP contribution in [0.15, 0.2) is 60.8 Å². The first-order valence-corrected chi connectivity index (χ1v) is 7.46. The smallest absolute Gasteiger partial charge is 0.185 e. The highest BCUT2D eigenvalue weighted by molar-refractivity contribution is 6.32. The van der Waals surface area contributed by atoms with E-state index in [2.05, 4.69) is 4.98 Å². The van der Waals surface area contributed by atoms with E-state index in [1.165, 1.54) is 7.11 Å². The largest absolute Gasteiger partial charge is 0.495 e. The maximum absolute atomic E-state index is 12.3. The second-order valence-corrected chi connectivity index (χ2v) is 5.37. The minimum Gasteiger partial charge on any atom is -0.495 e. The van der Waals surface area contributed by atoms with Gasteiger partial charge >= 0.3 is 0 Å². The summed E-state index contributed by atoms with van der Waals surface area (Å²) in [4.78, 5) is 16.6. The zero-order chi connectivity index (χ0) is 16.2. The zero-order valence-corrected chi connectivity index (χ0v) is 13.2. The van der Waals surface area contributed by atoms with Crippen LogP contribution in [0.4, 0.5) is 0 Å². The summed E-state index contributed by atoms with van der Waals surface area (Å²) in [5.41, 5.74) is 2.36. The van der Waals surface area contributed by atoms with Crippen LogP contribution in [0, 0.1) is 0 Å². The van der Waals surface area contributed by atoms with Crippen molar-refractivity contribution in [1.82, 2.24) is 4.98 Å². The molecule has 0 saturated carbocycles. The van der Waals surface area contributed by atoms with Crippen LogP contribution in [-0.4, -0.2) is 17.9 Å². The standard InChI is InChI=1S/C19H14ClNO2/c1-23-19-9-7-14(12-16(19)20)18(22)8-6-13-10-11-21-17-5-3-2-4-15(13)17/h2-12H,1H3. The average molecular weight is 324 g/mol. The molecule has 0 aliphatic rings. The first-order chi connectivity index (χ1) is 11.2. The van der Waals surface area contributed by atoms with Gasteiger partial charge in [-0.2, -0.15) is 0 Å². The number of nitrogens with zero attached hydrogens (tertiary/aromatic N) is 1. The first-order valence-electron chi connectivity index (χ1n) is 7.09. The minimum absolute atomic E-state index is 0.115. The van der Waals surface area contributed by atoms with E-state index in [0.717, 1.165) is 16.5 Å². The van der Waals surface area contributed by atoms with Gasteiger partial charge in [0.05, 0.1) is 17.6 Å². The van der Waals surface area contributed by atoms with Gasteiger partial charge in [-0.25, -0.2) is 0 Å². The molecule has 3 rings (SSSR count). The van der Waals surface area contributed by atoms with E-state index >= 15 is 0 Å². The predicted molar refractivity (Wildman–Crippen MR) is 93.1 cm³/mol. The number of hydrogen-bond donors (Lipinski definition) is 0. The van der Waals surface area contributed by atoms with Gasteiger partial charge in [0.25, 0.3) is 0 Å². The SMILES string of the molecule is COc1ccc(C(=O)C=Cc2ccnc3ccccc23)cc1Cl. The lowest BCUT2D eigenvalue weighted by atomic mass is 10.1. The molecule has 0 aliphatic carbocycles. The number of benzene rings is 2. The molecular weight excluding hydrogens is 310 g/mol. The summed E-state index contributed by atoms with van der Waals surface area (Å²) in [6, 6.07) is 14.7. The Balaban J connectivity index is 1.89. The highest BCUT2D eigenvalue weighted by Crippen LogP contribution is 2.25. The summed E-state index contributed by atoms with van der Waals surface area (Å²) < 4.78 is 5.09. The minimum atomic E-state index is -0.115. The Kier molecular flexibility index (Phi) is 4.40. The van der Waals surface area contributed by atoms with Crippen LogP contribution in [0.3, 0.4) is 0 Å². The van der Waals surface area contributed by atoms with E-state index < -0.39 is 0 Å². The van der Waals surface area contributed by atoms with Crippen LogP contribution in [0.2, 0.25) is 5.02 Å². The predicted octanol–water partition coefficient (Wildman–Crippen LogP) is 4.79. The topological polar surface area (TPSA) is 39.2 Å². The lowest BCUT2D eigenvalue weighted by molar-refractivity contribution is 0.104. The number of pyridine rings is 1. The van der Waals surface area contributed by atoms with Crippen molar-refractivity contribution in [2.24, 2.45) is 0 Å². The number of aromatic nitrogens is 1. The Hall–Kier alpha value is -2.65. The molecule has 0 spiro atoms. The van der Waals surface area contributed by atoms with Crippen molar-refractivity contribution < 1.29 is 9.53 Å². The molecule has 1 heterocycles. The van der Waals surface area contributed by atoms with Gasteiger partial charge in [0.15, 0.2) is 5.78 Å². The molecule has 2 aromatic carbocycles. The molecule has 0 unspecified atom stereocenters. The Morgan fingerprint density at radius 2 is 2.00 bits per heavy atom. The molecule has 114 valence electrons. The molecule has 0 radical (unpaired) electrons. The Bertz CT molecular complexity index is 898. The van der Waals surface area contributed by atoms with E-state index in [1.54, 1.807) is 36.5 Å². The Morgan fingerprint density at radius 3 is 2.78 bits per heavy atom. The number of halogens is 1. The summed E-state index contributed by atoms with van der Waals surface area (Å²) in [6.07, 6.45) is 5.07. The molecule has 3 aromatic rings. The number of methoxy groups -OCH3 is 1. The van der Waals surface area contributed by atoms with Crippen molar-refractivity contribution in [1.29, 1.82) is 0 Å². The van der Waals surface area contributed by atoms with Gasteiger partial charge < -0.3 is 4.74 Å². The summed E-state index contributed by atoms with van der Waals surface area (Å²) in [6.45, 7) is 0. The maximum Gasteiger partial charge on any atom is 0.185 e. The highest BCUT2D eigenvalue weighted by Gasteiger charge is 2.07. The third kappa shape index (κ3) is 3.25. The molecule has 23 heavy (non-hydrogen) atoms. The summed E-state index contributed by atoms with van der Waals surface area (Å²) >= 11 is 6.06. The normalized spacial score (nSPS) is 11.0. The van der Waals surface area contributed by atoms with Gasteiger partial charge in [-0.05, 0) is 42.0 Å². The molecule has 0 saturated heterocycles. The Morgan fingerprint density at radius 1 is 1.17 bits per heavy atom. The number of ether oxygens (including phenoxy) is 1. The maximum atomic E-state index is 12.3. The van der Waals surface area contributed by atoms with Gasteiger partial charge in [-0.3, -0.25) is 9.78 Å². The molecule has 0 atom stereocenters. The molecule has 0 bridgehead atoms. The van der Waals surface area contributed by atoms with E-state index in [1.807, 2.05) is 30.3 Å². The Labute approximate surface area is 139 Å². The van der Waals surface area contributed by atoms with Crippen LogP contribution < -0.4 is 4.74 Å². The highest BCUT2D eigenvalue weighted by atomic mass is 35.5. The van der Waals surface area contributed by atoms with Crippen molar-refractivity contribution in [2.45, 2.75) is 0 Å². The second kappa shape index (κ2) is 6.63. The molecule has 3 nitrogen and oxygen atoms in total. The fraction of sp³-hybridized carbons (Fsp3) is 0.0526. The third-order valence-electron chi connectivity index (χ3n) is 3.53. The molecule has 0 amide bonds. The molecule has 1 aromatic heterocycles. The monoisotopic (exact) mass is 323 g/mol. The van der Waals surface area contributed by atoms with Gasteiger partial charge in [0, 0.05) is 17.1 Å². The number of hydrogen-bond acceptors (Lipinski definition) is 3. The number of para-hydroxylation sites is 1. The van der Waals surface area contributed by atoms with Crippen molar-refractivity contribution in [3.05, 3.63) is 77.0 Å². The molecular formula is C19H14ClNO2. The van der Waals surface area contributed by atoms with Crippen molar-refractivity contribution in [2.75, 3.05) is 7.11 Å². The van der Waals surface area contributed by atoms with Crippen LogP contribution in [0.25, 0.3) is 17.0 Å². The number of rotatable bonds is 4. The zero-order valence-electron chi connectivity index (χ0n) is 12.5. The lowest BCUT2D eigenvalue weighted by Crippen LogP contribution is -1.95. The fourth-order valence-electron chi connectivity index (χ4n) is 2.34.